The fourth-order valence-corrected chi connectivity index (χ4v) is 4.59. The molecule has 1 heterocycles. The highest BCUT2D eigenvalue weighted by Crippen LogP contribution is 2.31. The minimum absolute atomic E-state index is 0.649. The SMILES string of the molecule is CCCCCCCCCCc1ccc(-c2ccc(OCC3CC[CH]CC3)c(Cl)c2)nc1. The molecule has 0 aliphatic heterocycles. The van der Waals surface area contributed by atoms with Gasteiger partial charge in [0.05, 0.1) is 17.3 Å². The summed E-state index contributed by atoms with van der Waals surface area (Å²) in [6.45, 7) is 3.04. The lowest BCUT2D eigenvalue weighted by Gasteiger charge is -2.21. The molecule has 0 atom stereocenters. The van der Waals surface area contributed by atoms with E-state index in [9.17, 15) is 0 Å². The van der Waals surface area contributed by atoms with Gasteiger partial charge in [0.15, 0.2) is 0 Å². The van der Waals surface area contributed by atoms with Gasteiger partial charge in [0.1, 0.15) is 5.75 Å². The lowest BCUT2D eigenvalue weighted by atomic mass is 9.90. The number of ether oxygens (including phenoxy) is 1. The van der Waals surface area contributed by atoms with Gasteiger partial charge in [-0.05, 0) is 80.7 Å². The number of nitrogens with zero attached hydrogens (tertiary/aromatic N) is 1. The first-order valence-electron chi connectivity index (χ1n) is 12.5. The molecule has 2 aromatic rings. The average Bonchev–Trinajstić information content (AvgIpc) is 2.81. The molecule has 169 valence electrons. The van der Waals surface area contributed by atoms with Gasteiger partial charge < -0.3 is 4.74 Å². The van der Waals surface area contributed by atoms with Crippen LogP contribution in [-0.2, 0) is 6.42 Å². The van der Waals surface area contributed by atoms with Crippen molar-refractivity contribution in [3.63, 3.8) is 0 Å². The van der Waals surface area contributed by atoms with Crippen LogP contribution in [0.3, 0.4) is 0 Å². The topological polar surface area (TPSA) is 22.1 Å². The van der Waals surface area contributed by atoms with E-state index in [1.807, 2.05) is 18.3 Å². The van der Waals surface area contributed by atoms with Crippen molar-refractivity contribution in [3.8, 4) is 17.0 Å². The van der Waals surface area contributed by atoms with Crippen LogP contribution in [0.4, 0.5) is 0 Å². The lowest BCUT2D eigenvalue weighted by molar-refractivity contribution is 0.221. The molecule has 1 aromatic carbocycles. The zero-order valence-corrected chi connectivity index (χ0v) is 20.0. The largest absolute Gasteiger partial charge is 0.492 e. The van der Waals surface area contributed by atoms with E-state index in [1.165, 1.54) is 82.6 Å². The molecule has 3 heteroatoms. The molecule has 0 bridgehead atoms. The number of aromatic nitrogens is 1. The smallest absolute Gasteiger partial charge is 0.137 e. The molecular formula is C28H39ClNO. The van der Waals surface area contributed by atoms with Crippen LogP contribution in [0.5, 0.6) is 5.75 Å². The van der Waals surface area contributed by atoms with E-state index in [0.29, 0.717) is 10.9 Å². The van der Waals surface area contributed by atoms with Gasteiger partial charge in [-0.1, -0.05) is 69.5 Å². The number of unbranched alkanes of at least 4 members (excludes halogenated alkanes) is 7. The zero-order valence-electron chi connectivity index (χ0n) is 19.3. The molecular weight excluding hydrogens is 402 g/mol. The Kier molecular flexibility index (Phi) is 10.7. The molecule has 0 amide bonds. The van der Waals surface area contributed by atoms with Crippen LogP contribution < -0.4 is 4.74 Å². The summed E-state index contributed by atoms with van der Waals surface area (Å²) in [5.74, 6) is 1.43. The van der Waals surface area contributed by atoms with E-state index in [1.54, 1.807) is 0 Å². The summed E-state index contributed by atoms with van der Waals surface area (Å²) >= 11 is 6.51. The van der Waals surface area contributed by atoms with E-state index in [2.05, 4.69) is 36.5 Å². The number of benzene rings is 1. The molecule has 1 aliphatic rings. The fourth-order valence-electron chi connectivity index (χ4n) is 4.35. The Bertz CT molecular complexity index is 752. The Balaban J connectivity index is 1.42. The Labute approximate surface area is 194 Å². The maximum Gasteiger partial charge on any atom is 0.137 e. The summed E-state index contributed by atoms with van der Waals surface area (Å²) in [5.41, 5.74) is 3.34. The number of rotatable bonds is 13. The van der Waals surface area contributed by atoms with E-state index < -0.39 is 0 Å². The lowest BCUT2D eigenvalue weighted by Crippen LogP contribution is -2.15. The number of hydrogen-bond donors (Lipinski definition) is 0. The standard InChI is InChI=1S/C28H39ClNO/c1-2-3-4-5-6-7-8-10-13-23-16-18-27(30-21-23)25-17-19-28(26(29)20-25)31-22-24-14-11-9-12-15-24/h9,16-21,24H,2-8,10-15,22H2,1H3. The van der Waals surface area contributed by atoms with E-state index in [4.69, 9.17) is 16.3 Å². The van der Waals surface area contributed by atoms with Crippen molar-refractivity contribution in [3.05, 3.63) is 53.5 Å². The minimum Gasteiger partial charge on any atom is -0.492 e. The molecule has 0 unspecified atom stereocenters. The van der Waals surface area contributed by atoms with Crippen molar-refractivity contribution in [2.45, 2.75) is 90.4 Å². The van der Waals surface area contributed by atoms with Crippen LogP contribution in [-0.4, -0.2) is 11.6 Å². The van der Waals surface area contributed by atoms with Crippen molar-refractivity contribution >= 4 is 11.6 Å². The molecule has 2 nitrogen and oxygen atoms in total. The van der Waals surface area contributed by atoms with Crippen molar-refractivity contribution in [2.75, 3.05) is 6.61 Å². The highest BCUT2D eigenvalue weighted by atomic mass is 35.5. The summed E-state index contributed by atoms with van der Waals surface area (Å²) in [7, 11) is 0. The maximum absolute atomic E-state index is 6.51. The highest BCUT2D eigenvalue weighted by Gasteiger charge is 2.15. The molecule has 0 saturated heterocycles. The summed E-state index contributed by atoms with van der Waals surface area (Å²) in [5, 5.41) is 0.671. The van der Waals surface area contributed by atoms with Crippen LogP contribution in [0.1, 0.15) is 89.5 Å². The molecule has 3 rings (SSSR count). The monoisotopic (exact) mass is 440 g/mol. The second-order valence-electron chi connectivity index (χ2n) is 9.04. The van der Waals surface area contributed by atoms with Crippen LogP contribution >= 0.6 is 11.6 Å². The van der Waals surface area contributed by atoms with E-state index in [0.717, 1.165) is 30.0 Å². The van der Waals surface area contributed by atoms with Crippen LogP contribution in [0.2, 0.25) is 5.02 Å². The predicted octanol–water partition coefficient (Wildman–Crippen LogP) is 8.86. The van der Waals surface area contributed by atoms with Gasteiger partial charge in [0, 0.05) is 11.8 Å². The van der Waals surface area contributed by atoms with Crippen molar-refractivity contribution in [1.82, 2.24) is 4.98 Å². The second-order valence-corrected chi connectivity index (χ2v) is 9.45. The van der Waals surface area contributed by atoms with E-state index in [-0.39, 0.29) is 0 Å². The first-order valence-corrected chi connectivity index (χ1v) is 12.8. The molecule has 31 heavy (non-hydrogen) atoms. The molecule has 1 fully saturated rings. The van der Waals surface area contributed by atoms with Crippen LogP contribution in [0.25, 0.3) is 11.3 Å². The number of aryl methyl sites for hydroxylation is 1. The number of hydrogen-bond acceptors (Lipinski definition) is 2. The highest BCUT2D eigenvalue weighted by molar-refractivity contribution is 6.32. The summed E-state index contributed by atoms with van der Waals surface area (Å²) in [4.78, 5) is 4.69. The van der Waals surface area contributed by atoms with Gasteiger partial charge in [0.2, 0.25) is 0 Å². The zero-order chi connectivity index (χ0) is 21.7. The quantitative estimate of drug-likeness (QED) is 0.290. The van der Waals surface area contributed by atoms with Crippen LogP contribution in [0, 0.1) is 12.3 Å². The first-order chi connectivity index (χ1) is 15.3. The van der Waals surface area contributed by atoms with Crippen molar-refractivity contribution in [1.29, 1.82) is 0 Å². The maximum atomic E-state index is 6.51. The Morgan fingerprint density at radius 1 is 0.935 bits per heavy atom. The third-order valence-corrected chi connectivity index (χ3v) is 6.70. The summed E-state index contributed by atoms with van der Waals surface area (Å²) < 4.78 is 6.01. The molecule has 1 aromatic heterocycles. The minimum atomic E-state index is 0.649. The Morgan fingerprint density at radius 3 is 2.35 bits per heavy atom. The van der Waals surface area contributed by atoms with Gasteiger partial charge in [0.25, 0.3) is 0 Å². The normalized spacial score (nSPS) is 14.6. The van der Waals surface area contributed by atoms with Crippen molar-refractivity contribution < 1.29 is 4.74 Å². The van der Waals surface area contributed by atoms with E-state index >= 15 is 0 Å². The van der Waals surface area contributed by atoms with Gasteiger partial charge in [-0.2, -0.15) is 0 Å². The predicted molar refractivity (Wildman–Crippen MR) is 133 cm³/mol. The first kappa shape index (κ1) is 24.1. The Morgan fingerprint density at radius 2 is 1.68 bits per heavy atom. The fraction of sp³-hybridized carbons (Fsp3) is 0.571. The van der Waals surface area contributed by atoms with Gasteiger partial charge >= 0.3 is 0 Å². The molecule has 0 N–H and O–H groups in total. The third-order valence-electron chi connectivity index (χ3n) is 6.40. The van der Waals surface area contributed by atoms with Crippen LogP contribution in [0.15, 0.2) is 36.5 Å². The molecule has 1 aliphatic carbocycles. The summed E-state index contributed by atoms with van der Waals surface area (Å²) in [6.07, 6.45) is 21.2. The molecule has 1 saturated carbocycles. The average molecular weight is 441 g/mol. The summed E-state index contributed by atoms with van der Waals surface area (Å²) in [6, 6.07) is 10.4. The van der Waals surface area contributed by atoms with Gasteiger partial charge in [-0.25, -0.2) is 0 Å². The van der Waals surface area contributed by atoms with Gasteiger partial charge in [-0.3, -0.25) is 4.98 Å². The molecule has 1 radical (unpaired) electrons. The van der Waals surface area contributed by atoms with Gasteiger partial charge in [-0.15, -0.1) is 0 Å². The second kappa shape index (κ2) is 13.8. The third kappa shape index (κ3) is 8.48. The van der Waals surface area contributed by atoms with Crippen molar-refractivity contribution in [2.24, 2.45) is 5.92 Å². The number of pyridine rings is 1. The Hall–Kier alpha value is -1.54. The molecule has 0 spiro atoms. The number of halogens is 1.